The number of hydrogen-bond acceptors (Lipinski definition) is 6. The molecule has 2 N–H and O–H groups in total. The van der Waals surface area contributed by atoms with Crippen molar-refractivity contribution in [3.63, 3.8) is 0 Å². The van der Waals surface area contributed by atoms with Crippen LogP contribution in [0.25, 0.3) is 44.5 Å². The molecule has 11 heteroatoms. The molecular formula is C42H37FN4O6. The number of carbonyl (C=O) groups is 2. The van der Waals surface area contributed by atoms with Gasteiger partial charge in [-0.25, -0.2) is 23.6 Å². The molecule has 0 bridgehead atoms. The Hall–Kier alpha value is -6.49. The summed E-state index contributed by atoms with van der Waals surface area (Å²) < 4.78 is 26.1. The van der Waals surface area contributed by atoms with Gasteiger partial charge in [0.25, 0.3) is 0 Å². The predicted molar refractivity (Wildman–Crippen MR) is 202 cm³/mol. The van der Waals surface area contributed by atoms with Gasteiger partial charge in [-0.2, -0.15) is 9.13 Å². The third kappa shape index (κ3) is 8.04. The summed E-state index contributed by atoms with van der Waals surface area (Å²) in [5.41, 5.74) is 6.94. The van der Waals surface area contributed by atoms with Crippen LogP contribution in [0.3, 0.4) is 0 Å². The summed E-state index contributed by atoms with van der Waals surface area (Å²) >= 11 is 0. The van der Waals surface area contributed by atoms with E-state index in [9.17, 15) is 23.6 Å². The van der Waals surface area contributed by atoms with Crippen LogP contribution >= 0.6 is 0 Å². The Morgan fingerprint density at radius 1 is 0.528 bits per heavy atom. The number of hydrogen-bond donors (Lipinski definition) is 2. The smallest absolute Gasteiger partial charge is 0.407 e. The Bertz CT molecular complexity index is 2510. The van der Waals surface area contributed by atoms with Crippen molar-refractivity contribution in [1.29, 1.82) is 0 Å². The van der Waals surface area contributed by atoms with Gasteiger partial charge in [0.2, 0.25) is 0 Å². The van der Waals surface area contributed by atoms with Crippen molar-refractivity contribution in [3.8, 4) is 22.3 Å². The van der Waals surface area contributed by atoms with E-state index in [4.69, 9.17) is 8.83 Å². The third-order valence-electron chi connectivity index (χ3n) is 9.18. The molecule has 0 saturated carbocycles. The minimum Gasteiger partial charge on any atom is -0.407 e. The number of rotatable bonds is 12. The van der Waals surface area contributed by atoms with Crippen LogP contribution < -0.4 is 22.1 Å². The van der Waals surface area contributed by atoms with E-state index in [1.165, 1.54) is 17.7 Å². The zero-order valence-electron chi connectivity index (χ0n) is 28.8. The molecule has 7 rings (SSSR count). The molecule has 53 heavy (non-hydrogen) atoms. The molecule has 0 fully saturated rings. The highest BCUT2D eigenvalue weighted by Crippen LogP contribution is 2.26. The molecule has 10 nitrogen and oxygen atoms in total. The van der Waals surface area contributed by atoms with Gasteiger partial charge in [0.05, 0.1) is 11.0 Å². The number of aromatic nitrogens is 2. The van der Waals surface area contributed by atoms with Crippen LogP contribution in [-0.2, 0) is 12.8 Å². The highest BCUT2D eigenvalue weighted by atomic mass is 19.1. The van der Waals surface area contributed by atoms with E-state index in [0.717, 1.165) is 69.1 Å². The number of fused-ring (bicyclic) bond motifs is 2. The lowest BCUT2D eigenvalue weighted by Gasteiger charge is -2.08. The average Bonchev–Trinajstić information content (AvgIpc) is 3.69. The first-order valence-electron chi connectivity index (χ1n) is 17.6. The maximum absolute atomic E-state index is 13.3. The lowest BCUT2D eigenvalue weighted by atomic mass is 10.00. The molecule has 0 spiro atoms. The molecule has 2 heterocycles. The molecule has 0 saturated heterocycles. The van der Waals surface area contributed by atoms with Gasteiger partial charge in [-0.1, -0.05) is 78.9 Å². The number of amides is 2. The van der Waals surface area contributed by atoms with Gasteiger partial charge in [0.15, 0.2) is 11.2 Å². The molecule has 0 aliphatic carbocycles. The Labute approximate surface area is 303 Å². The van der Waals surface area contributed by atoms with Crippen LogP contribution in [0.5, 0.6) is 0 Å². The highest BCUT2D eigenvalue weighted by molar-refractivity contribution is 5.91. The molecular weight excluding hydrogens is 675 g/mol. The van der Waals surface area contributed by atoms with Crippen LogP contribution in [0.15, 0.2) is 134 Å². The second-order valence-corrected chi connectivity index (χ2v) is 12.8. The quantitative estimate of drug-likeness (QED) is 0.123. The fourth-order valence-corrected chi connectivity index (χ4v) is 6.43. The first kappa shape index (κ1) is 34.9. The third-order valence-corrected chi connectivity index (χ3v) is 9.18. The van der Waals surface area contributed by atoms with E-state index in [1.54, 1.807) is 42.5 Å². The summed E-state index contributed by atoms with van der Waals surface area (Å²) in [5.74, 6) is -1.87. The maximum atomic E-state index is 13.3. The SMILES string of the molecule is O=C(NCCCCc1cccc(-c2ccc3c(c2)oc(=O)n3C(=O)NCCCCc2ccccc2)c1)n1c(=O)oc2cc(-c3ccc(F)cc3)ccc21. The zero-order valence-corrected chi connectivity index (χ0v) is 28.8. The van der Waals surface area contributed by atoms with Crippen molar-refractivity contribution in [2.75, 3.05) is 13.1 Å². The minimum absolute atomic E-state index is 0.261. The molecule has 0 atom stereocenters. The number of aryl methyl sites for hydroxylation is 2. The molecule has 2 amide bonds. The van der Waals surface area contributed by atoms with Gasteiger partial charge in [-0.05, 0) is 108 Å². The second-order valence-electron chi connectivity index (χ2n) is 12.8. The fourth-order valence-electron chi connectivity index (χ4n) is 6.43. The van der Waals surface area contributed by atoms with E-state index in [1.807, 2.05) is 42.5 Å². The van der Waals surface area contributed by atoms with Crippen LogP contribution in [0, 0.1) is 5.82 Å². The maximum Gasteiger partial charge on any atom is 0.428 e. The molecule has 268 valence electrons. The van der Waals surface area contributed by atoms with E-state index >= 15 is 0 Å². The summed E-state index contributed by atoms with van der Waals surface area (Å²) in [4.78, 5) is 51.0. The Balaban J connectivity index is 0.909. The van der Waals surface area contributed by atoms with Gasteiger partial charge in [-0.15, -0.1) is 0 Å². The van der Waals surface area contributed by atoms with Crippen molar-refractivity contribution < 1.29 is 22.8 Å². The summed E-state index contributed by atoms with van der Waals surface area (Å²) in [6.07, 6.45) is 4.83. The standard InChI is InChI=1S/C42H37FN4O6/c43-34-19-15-30(16-20-34)32-17-21-35-37(26-32)52-41(50)46(35)40(49)45-24-7-5-12-29-13-8-14-31(25-29)33-18-22-36-38(27-33)53-42(51)47(36)39(48)44-23-6-4-11-28-9-2-1-3-10-28/h1-3,8-10,13-22,25-27H,4-7,11-12,23-24H2,(H,44,48)(H,45,49). The van der Waals surface area contributed by atoms with E-state index < -0.39 is 23.6 Å². The van der Waals surface area contributed by atoms with Gasteiger partial charge < -0.3 is 19.5 Å². The van der Waals surface area contributed by atoms with Gasteiger partial charge in [0, 0.05) is 13.1 Å². The summed E-state index contributed by atoms with van der Waals surface area (Å²) in [7, 11) is 0. The fraction of sp³-hybridized carbons (Fsp3) is 0.190. The topological polar surface area (TPSA) is 128 Å². The average molecular weight is 713 g/mol. The van der Waals surface area contributed by atoms with Crippen LogP contribution in [0.4, 0.5) is 14.0 Å². The van der Waals surface area contributed by atoms with Crippen LogP contribution in [-0.4, -0.2) is 34.3 Å². The normalized spacial score (nSPS) is 11.3. The Kier molecular flexibility index (Phi) is 10.4. The molecule has 2 aromatic heterocycles. The van der Waals surface area contributed by atoms with Crippen LogP contribution in [0.2, 0.25) is 0 Å². The van der Waals surface area contributed by atoms with Crippen molar-refractivity contribution in [1.82, 2.24) is 19.8 Å². The number of halogens is 1. The number of benzene rings is 5. The number of unbranched alkanes of at least 4 members (excludes halogenated alkanes) is 2. The predicted octanol–water partition coefficient (Wildman–Crippen LogP) is 8.14. The monoisotopic (exact) mass is 712 g/mol. The van der Waals surface area contributed by atoms with E-state index in [2.05, 4.69) is 28.8 Å². The van der Waals surface area contributed by atoms with Crippen molar-refractivity contribution in [3.05, 3.63) is 153 Å². The zero-order chi connectivity index (χ0) is 36.7. The van der Waals surface area contributed by atoms with Gasteiger partial charge in [0.1, 0.15) is 5.82 Å². The Morgan fingerprint density at radius 2 is 1.02 bits per heavy atom. The van der Waals surface area contributed by atoms with Gasteiger partial charge >= 0.3 is 23.6 Å². The molecule has 7 aromatic rings. The first-order chi connectivity index (χ1) is 25.8. The largest absolute Gasteiger partial charge is 0.428 e. The molecule has 0 unspecified atom stereocenters. The highest BCUT2D eigenvalue weighted by Gasteiger charge is 2.18. The molecule has 0 aliphatic heterocycles. The minimum atomic E-state index is -0.784. The molecule has 5 aromatic carbocycles. The van der Waals surface area contributed by atoms with Crippen LogP contribution in [0.1, 0.15) is 36.8 Å². The molecule has 0 radical (unpaired) electrons. The molecule has 0 aliphatic rings. The van der Waals surface area contributed by atoms with Crippen molar-refractivity contribution in [2.24, 2.45) is 0 Å². The first-order valence-corrected chi connectivity index (χ1v) is 17.6. The van der Waals surface area contributed by atoms with Gasteiger partial charge in [-0.3, -0.25) is 0 Å². The van der Waals surface area contributed by atoms with E-state index in [0.29, 0.717) is 36.1 Å². The Morgan fingerprint density at radius 3 is 1.60 bits per heavy atom. The number of oxazole rings is 2. The summed E-state index contributed by atoms with van der Waals surface area (Å²) in [5, 5.41) is 5.63. The lowest BCUT2D eigenvalue weighted by Crippen LogP contribution is -2.34. The van der Waals surface area contributed by atoms with Crippen molar-refractivity contribution in [2.45, 2.75) is 38.5 Å². The van der Waals surface area contributed by atoms with Crippen molar-refractivity contribution >= 4 is 34.3 Å². The second kappa shape index (κ2) is 15.8. The number of nitrogens with zero attached hydrogens (tertiary/aromatic N) is 2. The van der Waals surface area contributed by atoms with E-state index in [-0.39, 0.29) is 11.4 Å². The number of nitrogens with one attached hydrogen (secondary N) is 2. The summed E-state index contributed by atoms with van der Waals surface area (Å²) in [6.45, 7) is 0.810. The summed E-state index contributed by atoms with van der Waals surface area (Å²) in [6, 6.07) is 33.5. The number of carbonyl (C=O) groups excluding carboxylic acids is 2. The lowest BCUT2D eigenvalue weighted by molar-refractivity contribution is 0.240.